The highest BCUT2D eigenvalue weighted by Gasteiger charge is 2.40. The summed E-state index contributed by atoms with van der Waals surface area (Å²) in [5.74, 6) is 0.201. The van der Waals surface area contributed by atoms with E-state index in [1.54, 1.807) is 30.2 Å². The third-order valence-corrected chi connectivity index (χ3v) is 5.74. The number of nitrogens with zero attached hydrogens (tertiary/aromatic N) is 3. The topological polar surface area (TPSA) is 76.5 Å². The fraction of sp³-hybridized carbons (Fsp3) is 0.318. The summed E-state index contributed by atoms with van der Waals surface area (Å²) in [5, 5.41) is 3.47. The molecule has 0 radical (unpaired) electrons. The van der Waals surface area contributed by atoms with Gasteiger partial charge in [-0.3, -0.25) is 19.1 Å². The second kappa shape index (κ2) is 8.45. The van der Waals surface area contributed by atoms with Gasteiger partial charge in [0.2, 0.25) is 11.9 Å². The van der Waals surface area contributed by atoms with Crippen LogP contribution in [0.1, 0.15) is 24.4 Å². The molecule has 1 aliphatic rings. The van der Waals surface area contributed by atoms with E-state index in [0.29, 0.717) is 36.2 Å². The summed E-state index contributed by atoms with van der Waals surface area (Å²) < 4.78 is 6.99. The highest BCUT2D eigenvalue weighted by Crippen LogP contribution is 2.36. The predicted octanol–water partition coefficient (Wildman–Crippen LogP) is 3.95. The third kappa shape index (κ3) is 3.66. The van der Waals surface area contributed by atoms with Crippen LogP contribution in [0.15, 0.2) is 42.5 Å². The Balaban J connectivity index is 1.62. The van der Waals surface area contributed by atoms with Gasteiger partial charge in [-0.25, -0.2) is 4.98 Å². The first-order chi connectivity index (χ1) is 14.5. The largest absolute Gasteiger partial charge is 0.385 e. The minimum atomic E-state index is -0.644. The molecule has 1 aliphatic heterocycles. The molecule has 0 saturated carbocycles. The van der Waals surface area contributed by atoms with Gasteiger partial charge in [-0.05, 0) is 43.2 Å². The summed E-state index contributed by atoms with van der Waals surface area (Å²) in [6, 6.07) is 12.3. The third-order valence-electron chi connectivity index (χ3n) is 5.33. The monoisotopic (exact) mass is 426 g/mol. The van der Waals surface area contributed by atoms with Gasteiger partial charge in [0.05, 0.1) is 17.5 Å². The lowest BCUT2D eigenvalue weighted by Crippen LogP contribution is -2.32. The maximum atomic E-state index is 13.2. The molecule has 0 saturated heterocycles. The smallest absolute Gasteiger partial charge is 0.253 e. The number of carbonyl (C=O) groups excluding carboxylic acids is 2. The van der Waals surface area contributed by atoms with Crippen molar-refractivity contribution in [3.63, 3.8) is 0 Å². The first kappa shape index (κ1) is 20.4. The number of methoxy groups -OCH3 is 1. The maximum Gasteiger partial charge on any atom is 0.253 e. The molecule has 8 heteroatoms. The van der Waals surface area contributed by atoms with E-state index in [0.717, 1.165) is 16.6 Å². The van der Waals surface area contributed by atoms with Crippen LogP contribution in [0.4, 0.5) is 11.6 Å². The molecule has 0 aliphatic carbocycles. The number of fused-ring (bicyclic) bond motifs is 3. The number of hydrogen-bond donors (Lipinski definition) is 1. The fourth-order valence-electron chi connectivity index (χ4n) is 3.79. The molecular formula is C22H23ClN4O3. The van der Waals surface area contributed by atoms with Crippen molar-refractivity contribution in [3.8, 4) is 0 Å². The molecule has 2 aromatic carbocycles. The number of hydrogen-bond acceptors (Lipinski definition) is 4. The Kier molecular flexibility index (Phi) is 5.74. The minimum absolute atomic E-state index is 0.0128. The molecule has 0 fully saturated rings. The number of ether oxygens (including phenoxy) is 1. The molecule has 2 amide bonds. The lowest BCUT2D eigenvalue weighted by atomic mass is 10.1. The SMILES string of the molecule is COCCCN1C(=O)[C@@H](CC(=O)Nc2cccc(Cl)c2C)n2c1nc1ccccc12. The van der Waals surface area contributed by atoms with E-state index in [1.807, 2.05) is 35.8 Å². The van der Waals surface area contributed by atoms with E-state index in [1.165, 1.54) is 0 Å². The zero-order valence-electron chi connectivity index (χ0n) is 16.9. The van der Waals surface area contributed by atoms with Crippen LogP contribution in [0, 0.1) is 6.92 Å². The van der Waals surface area contributed by atoms with Crippen molar-refractivity contribution in [2.45, 2.75) is 25.8 Å². The molecule has 30 heavy (non-hydrogen) atoms. The van der Waals surface area contributed by atoms with Crippen molar-refractivity contribution in [2.24, 2.45) is 0 Å². The van der Waals surface area contributed by atoms with E-state index in [2.05, 4.69) is 10.3 Å². The van der Waals surface area contributed by atoms with E-state index >= 15 is 0 Å². The molecule has 0 spiro atoms. The molecule has 2 heterocycles. The van der Waals surface area contributed by atoms with E-state index in [-0.39, 0.29) is 18.2 Å². The molecule has 4 rings (SSSR count). The highest BCUT2D eigenvalue weighted by atomic mass is 35.5. The standard InChI is InChI=1S/C22H23ClN4O3/c1-14-15(23)7-5-9-16(14)24-20(28)13-19-21(29)26(11-6-12-30-2)22-25-17-8-3-4-10-18(17)27(19)22/h3-5,7-10,19H,6,11-13H2,1-2H3,(H,24,28)/t19-/m1/s1. The Labute approximate surface area is 179 Å². The van der Waals surface area contributed by atoms with Gasteiger partial charge in [-0.2, -0.15) is 0 Å². The van der Waals surface area contributed by atoms with Crippen LogP contribution in [0.25, 0.3) is 11.0 Å². The van der Waals surface area contributed by atoms with Gasteiger partial charge in [-0.15, -0.1) is 0 Å². The van der Waals surface area contributed by atoms with Crippen molar-refractivity contribution in [1.29, 1.82) is 0 Å². The maximum absolute atomic E-state index is 13.2. The Morgan fingerprint density at radius 1 is 1.23 bits per heavy atom. The number of anilines is 2. The van der Waals surface area contributed by atoms with Crippen molar-refractivity contribution >= 4 is 46.1 Å². The average Bonchev–Trinajstić information content (AvgIpc) is 3.22. The zero-order chi connectivity index (χ0) is 21.3. The molecule has 1 aromatic heterocycles. The summed E-state index contributed by atoms with van der Waals surface area (Å²) >= 11 is 6.15. The summed E-state index contributed by atoms with van der Waals surface area (Å²) in [7, 11) is 1.63. The molecule has 7 nitrogen and oxygen atoms in total. The number of rotatable bonds is 7. The normalized spacial score (nSPS) is 15.6. The molecule has 0 unspecified atom stereocenters. The van der Waals surface area contributed by atoms with Crippen LogP contribution in [0.2, 0.25) is 5.02 Å². The Hall–Kier alpha value is -2.90. The molecule has 156 valence electrons. The van der Waals surface area contributed by atoms with Crippen LogP contribution in [0.5, 0.6) is 0 Å². The molecule has 1 atom stereocenters. The van der Waals surface area contributed by atoms with E-state index in [4.69, 9.17) is 16.3 Å². The van der Waals surface area contributed by atoms with E-state index < -0.39 is 6.04 Å². The Morgan fingerprint density at radius 3 is 2.83 bits per heavy atom. The first-order valence-corrected chi connectivity index (χ1v) is 10.2. The van der Waals surface area contributed by atoms with Gasteiger partial charge in [-0.1, -0.05) is 29.8 Å². The zero-order valence-corrected chi connectivity index (χ0v) is 17.6. The van der Waals surface area contributed by atoms with Gasteiger partial charge >= 0.3 is 0 Å². The van der Waals surface area contributed by atoms with Crippen molar-refractivity contribution in [1.82, 2.24) is 9.55 Å². The van der Waals surface area contributed by atoms with Crippen LogP contribution >= 0.6 is 11.6 Å². The summed E-state index contributed by atoms with van der Waals surface area (Å²) in [5.41, 5.74) is 3.07. The minimum Gasteiger partial charge on any atom is -0.385 e. The molecular weight excluding hydrogens is 404 g/mol. The summed E-state index contributed by atoms with van der Waals surface area (Å²) in [4.78, 5) is 32.3. The second-order valence-corrected chi connectivity index (χ2v) is 7.69. The van der Waals surface area contributed by atoms with Crippen LogP contribution in [-0.4, -0.2) is 41.6 Å². The number of halogens is 1. The van der Waals surface area contributed by atoms with E-state index in [9.17, 15) is 9.59 Å². The summed E-state index contributed by atoms with van der Waals surface area (Å²) in [6.07, 6.45) is 0.699. The number of para-hydroxylation sites is 2. The van der Waals surface area contributed by atoms with Crippen molar-refractivity contribution in [2.75, 3.05) is 30.5 Å². The number of nitrogens with one attached hydrogen (secondary N) is 1. The molecule has 1 N–H and O–H groups in total. The number of carbonyl (C=O) groups is 2. The fourth-order valence-corrected chi connectivity index (χ4v) is 3.97. The van der Waals surface area contributed by atoms with Gasteiger partial charge in [0.25, 0.3) is 5.91 Å². The Bertz CT molecular complexity index is 1110. The van der Waals surface area contributed by atoms with Crippen LogP contribution < -0.4 is 10.2 Å². The highest BCUT2D eigenvalue weighted by molar-refractivity contribution is 6.31. The first-order valence-electron chi connectivity index (χ1n) is 9.83. The van der Waals surface area contributed by atoms with Crippen molar-refractivity contribution < 1.29 is 14.3 Å². The average molecular weight is 427 g/mol. The number of imidazole rings is 1. The number of benzene rings is 2. The molecule has 0 bridgehead atoms. The van der Waals surface area contributed by atoms with Crippen LogP contribution in [0.3, 0.4) is 0 Å². The predicted molar refractivity (Wildman–Crippen MR) is 117 cm³/mol. The lowest BCUT2D eigenvalue weighted by molar-refractivity contribution is -0.124. The number of aromatic nitrogens is 2. The van der Waals surface area contributed by atoms with Crippen molar-refractivity contribution in [3.05, 3.63) is 53.1 Å². The Morgan fingerprint density at radius 2 is 2.03 bits per heavy atom. The lowest BCUT2D eigenvalue weighted by Gasteiger charge is -2.16. The van der Waals surface area contributed by atoms with Gasteiger partial charge in [0, 0.05) is 31.0 Å². The summed E-state index contributed by atoms with van der Waals surface area (Å²) in [6.45, 7) is 2.88. The quantitative estimate of drug-likeness (QED) is 0.580. The van der Waals surface area contributed by atoms with Crippen LogP contribution in [-0.2, 0) is 14.3 Å². The number of amides is 2. The van der Waals surface area contributed by atoms with Gasteiger partial charge in [0.1, 0.15) is 6.04 Å². The second-order valence-electron chi connectivity index (χ2n) is 7.29. The van der Waals surface area contributed by atoms with Gasteiger partial charge < -0.3 is 10.1 Å². The molecule has 3 aromatic rings. The van der Waals surface area contributed by atoms with Gasteiger partial charge in [0.15, 0.2) is 0 Å².